The topological polar surface area (TPSA) is 55.5 Å². The summed E-state index contributed by atoms with van der Waals surface area (Å²) in [6, 6.07) is 0. The van der Waals surface area contributed by atoms with Crippen molar-refractivity contribution in [1.29, 1.82) is 0 Å². The molecule has 0 bridgehead atoms. The zero-order valence-corrected chi connectivity index (χ0v) is 9.17. The van der Waals surface area contributed by atoms with Gasteiger partial charge in [-0.2, -0.15) is 0 Å². The van der Waals surface area contributed by atoms with Gasteiger partial charge in [0.25, 0.3) is 0 Å². The highest BCUT2D eigenvalue weighted by Gasteiger charge is 2.18. The van der Waals surface area contributed by atoms with Crippen molar-refractivity contribution in [2.45, 2.75) is 44.6 Å². The van der Waals surface area contributed by atoms with Crippen LogP contribution in [0.25, 0.3) is 0 Å². The Balaban J connectivity index is 1.98. The summed E-state index contributed by atoms with van der Waals surface area (Å²) >= 11 is 0. The van der Waals surface area contributed by atoms with Crippen LogP contribution in [0.3, 0.4) is 0 Å². The fourth-order valence-corrected chi connectivity index (χ4v) is 1.81. The number of aliphatic hydroxyl groups is 1. The first-order valence-corrected chi connectivity index (χ1v) is 5.61. The van der Waals surface area contributed by atoms with Crippen molar-refractivity contribution >= 4 is 0 Å². The summed E-state index contributed by atoms with van der Waals surface area (Å²) in [4.78, 5) is 0. The van der Waals surface area contributed by atoms with Gasteiger partial charge in [-0.25, -0.2) is 0 Å². The van der Waals surface area contributed by atoms with Crippen molar-refractivity contribution in [3.63, 3.8) is 0 Å². The highest BCUT2D eigenvalue weighted by Crippen LogP contribution is 2.24. The zero-order chi connectivity index (χ0) is 10.4. The van der Waals surface area contributed by atoms with E-state index in [4.69, 9.17) is 15.6 Å². The van der Waals surface area contributed by atoms with E-state index in [1.165, 1.54) is 25.7 Å². The molecule has 0 aromatic carbocycles. The first kappa shape index (κ1) is 12.0. The Bertz CT molecular complexity index is 153. The third-order valence-electron chi connectivity index (χ3n) is 3.01. The van der Waals surface area contributed by atoms with Crippen LogP contribution in [0.4, 0.5) is 0 Å². The number of aliphatic hydroxyl groups excluding tert-OH is 1. The molecule has 84 valence electrons. The van der Waals surface area contributed by atoms with Crippen molar-refractivity contribution in [2.24, 2.45) is 11.7 Å². The molecule has 0 aromatic rings. The Kier molecular flexibility index (Phi) is 4.85. The molecule has 3 nitrogen and oxygen atoms in total. The van der Waals surface area contributed by atoms with Gasteiger partial charge in [-0.3, -0.25) is 0 Å². The Hall–Kier alpha value is -0.120. The van der Waals surface area contributed by atoms with E-state index in [0.717, 1.165) is 18.9 Å². The highest BCUT2D eigenvalue weighted by molar-refractivity contribution is 4.76. The van der Waals surface area contributed by atoms with Gasteiger partial charge in [-0.15, -0.1) is 0 Å². The summed E-state index contributed by atoms with van der Waals surface area (Å²) < 4.78 is 5.56. The van der Waals surface area contributed by atoms with Crippen LogP contribution in [-0.4, -0.2) is 30.5 Å². The molecule has 1 atom stereocenters. The van der Waals surface area contributed by atoms with Crippen molar-refractivity contribution < 1.29 is 9.84 Å². The van der Waals surface area contributed by atoms with Crippen LogP contribution in [0.15, 0.2) is 0 Å². The summed E-state index contributed by atoms with van der Waals surface area (Å²) in [5.41, 5.74) is 5.30. The van der Waals surface area contributed by atoms with E-state index < -0.39 is 5.54 Å². The van der Waals surface area contributed by atoms with E-state index >= 15 is 0 Å². The van der Waals surface area contributed by atoms with E-state index in [1.54, 1.807) is 0 Å². The summed E-state index contributed by atoms with van der Waals surface area (Å²) in [5, 5.41) is 8.92. The first-order chi connectivity index (χ1) is 6.64. The average molecular weight is 201 g/mol. The average Bonchev–Trinajstić information content (AvgIpc) is 2.65. The lowest BCUT2D eigenvalue weighted by atomic mass is 10.0. The first-order valence-electron chi connectivity index (χ1n) is 5.61. The number of nitrogens with two attached hydrogens (primary N) is 1. The zero-order valence-electron chi connectivity index (χ0n) is 9.17. The van der Waals surface area contributed by atoms with Gasteiger partial charge in [-0.05, 0) is 32.1 Å². The molecular weight excluding hydrogens is 178 g/mol. The van der Waals surface area contributed by atoms with Crippen LogP contribution in [0.1, 0.15) is 39.0 Å². The molecule has 1 saturated carbocycles. The number of rotatable bonds is 6. The Morgan fingerprint density at radius 3 is 2.64 bits per heavy atom. The van der Waals surface area contributed by atoms with Crippen LogP contribution in [-0.2, 0) is 4.74 Å². The lowest BCUT2D eigenvalue weighted by Gasteiger charge is -2.21. The fourth-order valence-electron chi connectivity index (χ4n) is 1.81. The molecule has 0 heterocycles. The van der Waals surface area contributed by atoms with Gasteiger partial charge >= 0.3 is 0 Å². The monoisotopic (exact) mass is 201 g/mol. The van der Waals surface area contributed by atoms with E-state index in [-0.39, 0.29) is 6.61 Å². The molecule has 3 N–H and O–H groups in total. The second kappa shape index (κ2) is 5.69. The molecule has 1 aliphatic carbocycles. The fraction of sp³-hybridized carbons (Fsp3) is 1.00. The predicted molar refractivity (Wildman–Crippen MR) is 57.1 cm³/mol. The van der Waals surface area contributed by atoms with Crippen molar-refractivity contribution in [3.8, 4) is 0 Å². The smallest absolute Gasteiger partial charge is 0.0609 e. The van der Waals surface area contributed by atoms with Crippen LogP contribution in [0.2, 0.25) is 0 Å². The standard InChI is InChI=1S/C11H23NO2/c1-11(12,9-13)6-7-14-8-10-4-2-3-5-10/h10,13H,2-9,12H2,1H3. The lowest BCUT2D eigenvalue weighted by molar-refractivity contribution is 0.0771. The molecular formula is C11H23NO2. The predicted octanol–water partition coefficient (Wildman–Crippen LogP) is 1.29. The van der Waals surface area contributed by atoms with E-state index in [1.807, 2.05) is 6.92 Å². The van der Waals surface area contributed by atoms with Gasteiger partial charge in [0.15, 0.2) is 0 Å². The van der Waals surface area contributed by atoms with Gasteiger partial charge in [0.2, 0.25) is 0 Å². The Morgan fingerprint density at radius 2 is 2.07 bits per heavy atom. The lowest BCUT2D eigenvalue weighted by Crippen LogP contribution is -2.41. The van der Waals surface area contributed by atoms with Crippen LogP contribution in [0, 0.1) is 5.92 Å². The minimum atomic E-state index is -0.477. The second-order valence-electron chi connectivity index (χ2n) is 4.79. The molecule has 0 aromatic heterocycles. The quantitative estimate of drug-likeness (QED) is 0.637. The van der Waals surface area contributed by atoms with E-state index in [9.17, 15) is 0 Å². The molecule has 3 heteroatoms. The largest absolute Gasteiger partial charge is 0.394 e. The van der Waals surface area contributed by atoms with Gasteiger partial charge in [0.1, 0.15) is 0 Å². The SMILES string of the molecule is CC(N)(CO)CCOCC1CCCC1. The molecule has 14 heavy (non-hydrogen) atoms. The minimum Gasteiger partial charge on any atom is -0.394 e. The van der Waals surface area contributed by atoms with Gasteiger partial charge < -0.3 is 15.6 Å². The van der Waals surface area contributed by atoms with Crippen molar-refractivity contribution in [1.82, 2.24) is 0 Å². The minimum absolute atomic E-state index is 0.0276. The number of hydrogen-bond acceptors (Lipinski definition) is 3. The Morgan fingerprint density at radius 1 is 1.43 bits per heavy atom. The maximum atomic E-state index is 8.92. The third kappa shape index (κ3) is 4.40. The summed E-state index contributed by atoms with van der Waals surface area (Å²) in [7, 11) is 0. The molecule has 0 spiro atoms. The van der Waals surface area contributed by atoms with Crippen molar-refractivity contribution in [3.05, 3.63) is 0 Å². The third-order valence-corrected chi connectivity index (χ3v) is 3.01. The Labute approximate surface area is 86.6 Å². The maximum absolute atomic E-state index is 8.92. The van der Waals surface area contributed by atoms with Gasteiger partial charge in [0, 0.05) is 18.8 Å². The highest BCUT2D eigenvalue weighted by atomic mass is 16.5. The summed E-state index contributed by atoms with van der Waals surface area (Å²) in [6.07, 6.45) is 6.09. The van der Waals surface area contributed by atoms with Crippen LogP contribution in [0.5, 0.6) is 0 Å². The molecule has 0 amide bonds. The molecule has 1 fully saturated rings. The molecule has 0 saturated heterocycles. The second-order valence-corrected chi connectivity index (χ2v) is 4.79. The van der Waals surface area contributed by atoms with E-state index in [0.29, 0.717) is 6.61 Å². The molecule has 1 unspecified atom stereocenters. The molecule has 1 aliphatic rings. The molecule has 0 radical (unpaired) electrons. The summed E-state index contributed by atoms with van der Waals surface area (Å²) in [5.74, 6) is 0.771. The molecule has 1 rings (SSSR count). The number of hydrogen-bond donors (Lipinski definition) is 2. The molecule has 0 aliphatic heterocycles. The van der Waals surface area contributed by atoms with Gasteiger partial charge in [-0.1, -0.05) is 12.8 Å². The maximum Gasteiger partial charge on any atom is 0.0609 e. The van der Waals surface area contributed by atoms with Crippen molar-refractivity contribution in [2.75, 3.05) is 19.8 Å². The summed E-state index contributed by atoms with van der Waals surface area (Å²) in [6.45, 7) is 3.43. The van der Waals surface area contributed by atoms with Crippen LogP contribution < -0.4 is 5.73 Å². The van der Waals surface area contributed by atoms with Crippen LogP contribution >= 0.6 is 0 Å². The normalized spacial score (nSPS) is 22.5. The number of ether oxygens (including phenoxy) is 1. The van der Waals surface area contributed by atoms with E-state index in [2.05, 4.69) is 0 Å². The van der Waals surface area contributed by atoms with Gasteiger partial charge in [0.05, 0.1) is 6.61 Å².